The molecule has 2 heterocycles. The van der Waals surface area contributed by atoms with Crippen molar-refractivity contribution in [2.75, 3.05) is 6.54 Å². The van der Waals surface area contributed by atoms with Crippen LogP contribution in [0.3, 0.4) is 0 Å². The second kappa shape index (κ2) is 37.5. The van der Waals surface area contributed by atoms with Gasteiger partial charge in [0.25, 0.3) is 0 Å². The zero-order valence-corrected chi connectivity index (χ0v) is 53.2. The van der Waals surface area contributed by atoms with Gasteiger partial charge in [0.2, 0.25) is 59.5 Å². The lowest BCUT2D eigenvalue weighted by atomic mass is 9.96. The number of nitrogens with two attached hydrogens (primary N) is 1. The van der Waals surface area contributed by atoms with Crippen LogP contribution < -0.4 is 52.5 Å². The van der Waals surface area contributed by atoms with Gasteiger partial charge in [-0.25, -0.2) is 0 Å². The first-order valence-corrected chi connectivity index (χ1v) is 31.7. The zero-order valence-electron chi connectivity index (χ0n) is 52.4. The molecule has 95 heavy (non-hydrogen) atoms. The Morgan fingerprint density at radius 1 is 0.558 bits per heavy atom. The van der Waals surface area contributed by atoms with Crippen molar-refractivity contribution >= 4 is 93.4 Å². The Kier molecular flexibility index (Phi) is 30.8. The molecule has 0 aliphatic carbocycles. The Bertz CT molecular complexity index is 3190. The molecule has 2 aliphatic rings. The van der Waals surface area contributed by atoms with Gasteiger partial charge in [0.05, 0.1) is 18.5 Å². The lowest BCUT2D eigenvalue weighted by molar-refractivity contribution is -0.144. The molecule has 0 unspecified atom stereocenters. The van der Waals surface area contributed by atoms with E-state index in [0.717, 1.165) is 17.0 Å². The second-order valence-corrected chi connectivity index (χ2v) is 24.2. The van der Waals surface area contributed by atoms with E-state index in [-0.39, 0.29) is 55.9 Å². The molecule has 36 heteroatoms. The predicted octanol–water partition coefficient (Wildman–Crippen LogP) is -1.84. The van der Waals surface area contributed by atoms with Crippen molar-refractivity contribution in [3.05, 3.63) is 65.7 Å². The third kappa shape index (κ3) is 27.6. The first-order valence-electron chi connectivity index (χ1n) is 30.3. The molecule has 4 rings (SSSR count). The van der Waals surface area contributed by atoms with Crippen molar-refractivity contribution < 1.29 is 120 Å². The molecule has 2 aromatic carbocycles. The highest BCUT2D eigenvalue weighted by molar-refractivity contribution is 7.81. The van der Waals surface area contributed by atoms with Gasteiger partial charge in [0.15, 0.2) is 0 Å². The van der Waals surface area contributed by atoms with Crippen LogP contribution in [0, 0.1) is 11.8 Å². The number of nitrogens with one attached hydrogen (secondary N) is 8. The lowest BCUT2D eigenvalue weighted by Crippen LogP contribution is -2.61. The number of likely N-dealkylation sites (tertiary alicyclic amines) is 1. The first-order chi connectivity index (χ1) is 44.6. The van der Waals surface area contributed by atoms with Gasteiger partial charge in [0.1, 0.15) is 54.1 Å². The number of carboxylic acids is 5. The van der Waals surface area contributed by atoms with E-state index >= 15 is 0 Å². The third-order valence-electron chi connectivity index (χ3n) is 15.2. The van der Waals surface area contributed by atoms with Crippen molar-refractivity contribution in [2.45, 2.75) is 191 Å². The van der Waals surface area contributed by atoms with E-state index in [1.807, 2.05) is 13.8 Å². The molecule has 0 saturated carbocycles. The normalized spacial score (nSPS) is 16.8. The zero-order chi connectivity index (χ0) is 70.9. The molecule has 2 fully saturated rings. The van der Waals surface area contributed by atoms with Gasteiger partial charge >= 0.3 is 40.2 Å². The number of carbonyl (C=O) groups is 14. The minimum atomic E-state index is -4.93. The summed E-state index contributed by atoms with van der Waals surface area (Å²) >= 11 is 0. The highest BCUT2D eigenvalue weighted by Crippen LogP contribution is 2.25. The van der Waals surface area contributed by atoms with Gasteiger partial charge in [-0.1, -0.05) is 76.6 Å². The lowest BCUT2D eigenvalue weighted by Gasteiger charge is -2.33. The summed E-state index contributed by atoms with van der Waals surface area (Å²) in [6.45, 7) is 6.73. The summed E-state index contributed by atoms with van der Waals surface area (Å²) in [6, 6.07) is -2.75. The number of carboxylic acid groups (broad SMARTS) is 5. The van der Waals surface area contributed by atoms with Crippen LogP contribution in [0.2, 0.25) is 0 Å². The largest absolute Gasteiger partial charge is 0.481 e. The standard InChI is InChI=1S/C59H82N10O25S/c1-5-31(4)49(68-54(84)39(20-24-47(76)77)62-51(81)36(17-21-44(70)71)63-55(85)40(27-32-10-7-6-8-11-32)65-50(80)35(60)29-48(78)79)58(88)69-25-9-12-43(69)57(87)64-38(19-23-46(74)75)52(82)61-37(18-22-45(72)73)53(83)66-41(56(86)67-42(26-30(2)3)59-92-93-59)28-33-13-15-34(16-14-33)94-95(89,90)91/h6-8,10-11,13-16,30-31,35-43,49,59H,5,9,12,17-29,60H2,1-4H3,(H,61,82)(H,62,81)(H,63,85)(H,64,87)(H,65,80)(H,66,83)(H,67,86)(H,68,84)(H,70,71)(H,72,73)(H,74,75)(H,76,77)(H,78,79)(H,89,90,91)/t31-,35-,36-,37-,38-,39-,40-,41-,42-,43-,49-/m0/s1. The van der Waals surface area contributed by atoms with E-state index in [2.05, 4.69) is 46.7 Å². The van der Waals surface area contributed by atoms with Crippen molar-refractivity contribution in [3.63, 3.8) is 0 Å². The Balaban J connectivity index is 1.60. The number of amides is 9. The predicted molar refractivity (Wildman–Crippen MR) is 325 cm³/mol. The molecule has 9 amide bonds. The van der Waals surface area contributed by atoms with Crippen LogP contribution in [0.25, 0.3) is 0 Å². The van der Waals surface area contributed by atoms with E-state index < -0.39 is 224 Å². The van der Waals surface area contributed by atoms with Crippen LogP contribution in [0.4, 0.5) is 0 Å². The molecule has 2 saturated heterocycles. The quantitative estimate of drug-likeness (QED) is 0.0197. The Labute approximate surface area is 544 Å². The minimum absolute atomic E-state index is 0.0143. The molecule has 524 valence electrons. The highest BCUT2D eigenvalue weighted by atomic mass is 32.3. The topological polar surface area (TPSA) is 554 Å². The molecule has 35 nitrogen and oxygen atoms in total. The fraction of sp³-hybridized carbons (Fsp3) is 0.559. The molecule has 0 bridgehead atoms. The maximum Gasteiger partial charge on any atom is 0.446 e. The minimum Gasteiger partial charge on any atom is -0.481 e. The summed E-state index contributed by atoms with van der Waals surface area (Å²) in [6.07, 6.45) is -7.32. The number of benzene rings is 2. The molecule has 2 aliphatic heterocycles. The monoisotopic (exact) mass is 1360 g/mol. The van der Waals surface area contributed by atoms with Gasteiger partial charge in [-0.2, -0.15) is 18.2 Å². The number of hydrogen-bond donors (Lipinski definition) is 15. The van der Waals surface area contributed by atoms with E-state index in [1.165, 1.54) is 19.1 Å². The van der Waals surface area contributed by atoms with Gasteiger partial charge in [0, 0.05) is 45.1 Å². The van der Waals surface area contributed by atoms with E-state index in [9.17, 15) is 101 Å². The van der Waals surface area contributed by atoms with Crippen LogP contribution in [0.1, 0.15) is 122 Å². The van der Waals surface area contributed by atoms with E-state index in [0.29, 0.717) is 12.0 Å². The third-order valence-corrected chi connectivity index (χ3v) is 15.6. The molecule has 16 N–H and O–H groups in total. The fourth-order valence-corrected chi connectivity index (χ4v) is 10.3. The fourth-order valence-electron chi connectivity index (χ4n) is 9.98. The number of nitrogens with zero attached hydrogens (tertiary/aromatic N) is 1. The second-order valence-electron chi connectivity index (χ2n) is 23.2. The number of rotatable bonds is 42. The van der Waals surface area contributed by atoms with Crippen molar-refractivity contribution in [1.82, 2.24) is 47.4 Å². The van der Waals surface area contributed by atoms with Gasteiger partial charge in [-0.3, -0.25) is 71.7 Å². The van der Waals surface area contributed by atoms with Crippen LogP contribution in [0.5, 0.6) is 5.75 Å². The average Bonchev–Trinajstić information content (AvgIpc) is 1.79. The maximum atomic E-state index is 14.7. The first kappa shape index (κ1) is 78.1. The van der Waals surface area contributed by atoms with Crippen LogP contribution >= 0.6 is 0 Å². The molecule has 2 aromatic rings. The van der Waals surface area contributed by atoms with Crippen molar-refractivity contribution in [1.29, 1.82) is 0 Å². The van der Waals surface area contributed by atoms with Gasteiger partial charge < -0.3 is 82.9 Å². The number of carbonyl (C=O) groups excluding carboxylic acids is 9. The molecular weight excluding hydrogens is 1280 g/mol. The molecule has 0 radical (unpaired) electrons. The summed E-state index contributed by atoms with van der Waals surface area (Å²) in [5.41, 5.74) is 6.50. The Morgan fingerprint density at radius 3 is 1.39 bits per heavy atom. The number of hydrogen-bond acceptors (Lipinski definition) is 20. The van der Waals surface area contributed by atoms with Crippen LogP contribution in [-0.4, -0.2) is 200 Å². The molecule has 11 atom stereocenters. The molecule has 0 spiro atoms. The smallest absolute Gasteiger partial charge is 0.446 e. The van der Waals surface area contributed by atoms with Crippen LogP contribution in [-0.2, 0) is 100 Å². The van der Waals surface area contributed by atoms with E-state index in [1.54, 1.807) is 37.3 Å². The van der Waals surface area contributed by atoms with Crippen LogP contribution in [0.15, 0.2) is 54.6 Å². The maximum absolute atomic E-state index is 14.7. The molecule has 0 aromatic heterocycles. The SMILES string of the molecule is CC[C@H](C)[C@H](NC(=O)[C@H](CCC(=O)O)NC(=O)[C@H](CCC(=O)O)NC(=O)[C@H](Cc1ccccc1)NC(=O)[C@@H](N)CC(=O)O)C(=O)N1CCC[C@H]1C(=O)N[C@@H](CCC(=O)O)C(=O)N[C@@H](CCC(=O)O)C(=O)N[C@@H](Cc1ccc(OS(=O)(=O)O)cc1)C(=O)N[C@@H](CC(C)C)C1OO1. The summed E-state index contributed by atoms with van der Waals surface area (Å²) in [5, 5.41) is 67.5. The van der Waals surface area contributed by atoms with Gasteiger partial charge in [-0.15, -0.1) is 0 Å². The number of aliphatic carboxylic acids is 5. The van der Waals surface area contributed by atoms with Crippen molar-refractivity contribution in [2.24, 2.45) is 17.6 Å². The Hall–Kier alpha value is -9.39. The summed E-state index contributed by atoms with van der Waals surface area (Å²) < 4.78 is 36.2. The van der Waals surface area contributed by atoms with Crippen molar-refractivity contribution in [3.8, 4) is 5.75 Å². The summed E-state index contributed by atoms with van der Waals surface area (Å²) in [7, 11) is -4.93. The summed E-state index contributed by atoms with van der Waals surface area (Å²) in [4.78, 5) is 197. The Morgan fingerprint density at radius 2 is 0.968 bits per heavy atom. The average molecular weight is 1360 g/mol. The summed E-state index contributed by atoms with van der Waals surface area (Å²) in [5.74, 6) is -17.9. The van der Waals surface area contributed by atoms with Gasteiger partial charge in [-0.05, 0) is 80.0 Å². The highest BCUT2D eigenvalue weighted by Gasteiger charge is 2.43. The molecular formula is C59H82N10O25S. The van der Waals surface area contributed by atoms with E-state index in [4.69, 9.17) is 20.1 Å².